The van der Waals surface area contributed by atoms with Crippen molar-refractivity contribution in [1.29, 1.82) is 0 Å². The number of hydrazone groups is 1. The van der Waals surface area contributed by atoms with E-state index in [4.69, 9.17) is 4.74 Å². The molecule has 0 fully saturated rings. The van der Waals surface area contributed by atoms with Gasteiger partial charge in [0.15, 0.2) is 6.61 Å². The van der Waals surface area contributed by atoms with Gasteiger partial charge in [-0.25, -0.2) is 5.43 Å². The topological polar surface area (TPSA) is 91.2 Å². The van der Waals surface area contributed by atoms with Crippen LogP contribution in [0.15, 0.2) is 38.3 Å². The average Bonchev–Trinajstić information content (AvgIpc) is 2.59. The summed E-state index contributed by atoms with van der Waals surface area (Å²) < 4.78 is 5.93. The first-order valence-corrected chi connectivity index (χ1v) is 8.80. The number of nitrogens with one attached hydrogen (secondary N) is 1. The second-order valence-corrected chi connectivity index (χ2v) is 6.85. The fourth-order valence-corrected chi connectivity index (χ4v) is 3.10. The van der Waals surface area contributed by atoms with E-state index in [1.165, 1.54) is 6.21 Å². The van der Waals surface area contributed by atoms with E-state index < -0.39 is 5.91 Å². The van der Waals surface area contributed by atoms with Crippen molar-refractivity contribution >= 4 is 44.0 Å². The number of hydrogen-bond acceptors (Lipinski definition) is 5. The lowest BCUT2D eigenvalue weighted by Gasteiger charge is -2.11. The molecule has 1 amide bonds. The van der Waals surface area contributed by atoms with Gasteiger partial charge in [0.2, 0.25) is 0 Å². The molecule has 2 rings (SSSR count). The normalized spacial score (nSPS) is 10.9. The monoisotopic (exact) mass is 470 g/mol. The van der Waals surface area contributed by atoms with E-state index in [9.17, 15) is 15.0 Å². The molecule has 0 bridgehead atoms. The summed E-state index contributed by atoms with van der Waals surface area (Å²) in [7, 11) is 0. The van der Waals surface area contributed by atoms with Crippen molar-refractivity contribution in [2.24, 2.45) is 5.10 Å². The number of ether oxygens (including phenoxy) is 1. The molecule has 0 aliphatic rings. The van der Waals surface area contributed by atoms with Crippen molar-refractivity contribution in [2.45, 2.75) is 13.8 Å². The molecular formula is C17H16Br2N2O4. The van der Waals surface area contributed by atoms with Crippen LogP contribution in [0.4, 0.5) is 0 Å². The fraction of sp³-hybridized carbons (Fsp3) is 0.176. The highest BCUT2D eigenvalue weighted by Crippen LogP contribution is 2.43. The first kappa shape index (κ1) is 19.3. The van der Waals surface area contributed by atoms with Crippen LogP contribution in [0.1, 0.15) is 16.7 Å². The van der Waals surface area contributed by atoms with Gasteiger partial charge in [0.25, 0.3) is 5.91 Å². The summed E-state index contributed by atoms with van der Waals surface area (Å²) in [4.78, 5) is 11.8. The van der Waals surface area contributed by atoms with Gasteiger partial charge in [0, 0.05) is 5.56 Å². The highest BCUT2D eigenvalue weighted by molar-refractivity contribution is 9.11. The Morgan fingerprint density at radius 1 is 1.24 bits per heavy atom. The lowest BCUT2D eigenvalue weighted by atomic mass is 10.1. The number of benzene rings is 2. The molecule has 25 heavy (non-hydrogen) atoms. The van der Waals surface area contributed by atoms with Crippen LogP contribution in [0, 0.1) is 13.8 Å². The fourth-order valence-electron chi connectivity index (χ4n) is 2.01. The Morgan fingerprint density at radius 2 is 1.96 bits per heavy atom. The number of nitrogens with zero attached hydrogens (tertiary/aromatic N) is 1. The van der Waals surface area contributed by atoms with Crippen molar-refractivity contribution < 1.29 is 19.7 Å². The number of phenols is 2. The maximum Gasteiger partial charge on any atom is 0.277 e. The van der Waals surface area contributed by atoms with Crippen LogP contribution in [0.5, 0.6) is 17.2 Å². The lowest BCUT2D eigenvalue weighted by molar-refractivity contribution is -0.123. The maximum absolute atomic E-state index is 11.8. The summed E-state index contributed by atoms with van der Waals surface area (Å²) in [5, 5.41) is 23.7. The van der Waals surface area contributed by atoms with Gasteiger partial charge in [-0.3, -0.25) is 4.79 Å². The third kappa shape index (κ3) is 4.73. The van der Waals surface area contributed by atoms with Crippen LogP contribution in [0.3, 0.4) is 0 Å². The molecule has 2 aromatic carbocycles. The second kappa shape index (κ2) is 8.35. The minimum Gasteiger partial charge on any atom is -0.506 e. The zero-order chi connectivity index (χ0) is 18.6. The third-order valence-electron chi connectivity index (χ3n) is 3.35. The van der Waals surface area contributed by atoms with Gasteiger partial charge < -0.3 is 14.9 Å². The molecule has 0 spiro atoms. The van der Waals surface area contributed by atoms with Crippen molar-refractivity contribution in [2.75, 3.05) is 6.61 Å². The van der Waals surface area contributed by atoms with Crippen LogP contribution in [-0.4, -0.2) is 28.9 Å². The van der Waals surface area contributed by atoms with E-state index in [0.29, 0.717) is 21.3 Å². The summed E-state index contributed by atoms with van der Waals surface area (Å²) in [6.45, 7) is 3.44. The summed E-state index contributed by atoms with van der Waals surface area (Å²) in [5.74, 6) is -0.124. The maximum atomic E-state index is 11.8. The van der Waals surface area contributed by atoms with E-state index in [1.54, 1.807) is 13.0 Å². The Morgan fingerprint density at radius 3 is 2.64 bits per heavy atom. The number of amides is 1. The first-order valence-electron chi connectivity index (χ1n) is 7.22. The predicted octanol–water partition coefficient (Wildman–Crippen LogP) is 3.77. The molecule has 0 saturated heterocycles. The molecule has 132 valence electrons. The Bertz CT molecular complexity index is 809. The number of aryl methyl sites for hydroxylation is 1. The molecule has 0 radical (unpaired) electrons. The second-order valence-electron chi connectivity index (χ2n) is 5.26. The Labute approximate surface area is 161 Å². The van der Waals surface area contributed by atoms with Gasteiger partial charge in [-0.15, -0.1) is 0 Å². The first-order chi connectivity index (χ1) is 11.8. The molecular weight excluding hydrogens is 456 g/mol. The molecule has 0 unspecified atom stereocenters. The molecule has 6 nitrogen and oxygen atoms in total. The molecule has 0 aliphatic carbocycles. The molecule has 0 heterocycles. The standard InChI is InChI=1S/C17H16Br2N2O4/c1-9-4-3-5-11(6-9)25-8-13(22)21-20-7-12-10(2)14(18)17(24)15(19)16(12)23/h3-7,23-24H,8H2,1-2H3,(H,21,22). The third-order valence-corrected chi connectivity index (χ3v) is 5.08. The highest BCUT2D eigenvalue weighted by atomic mass is 79.9. The molecule has 0 atom stereocenters. The number of aromatic hydroxyl groups is 2. The summed E-state index contributed by atoms with van der Waals surface area (Å²) in [5.41, 5.74) is 4.29. The van der Waals surface area contributed by atoms with Crippen LogP contribution in [0.25, 0.3) is 0 Å². The minimum absolute atomic E-state index is 0.109. The molecule has 0 saturated carbocycles. The van der Waals surface area contributed by atoms with Gasteiger partial charge >= 0.3 is 0 Å². The van der Waals surface area contributed by atoms with Crippen molar-refractivity contribution in [3.63, 3.8) is 0 Å². The minimum atomic E-state index is -0.438. The van der Waals surface area contributed by atoms with Crippen molar-refractivity contribution in [1.82, 2.24) is 5.43 Å². The quantitative estimate of drug-likeness (QED) is 0.457. The van der Waals surface area contributed by atoms with Gasteiger partial charge in [0.1, 0.15) is 21.7 Å². The van der Waals surface area contributed by atoms with Gasteiger partial charge in [0.05, 0.1) is 10.7 Å². The number of hydrogen-bond donors (Lipinski definition) is 3. The van der Waals surface area contributed by atoms with Crippen molar-refractivity contribution in [3.8, 4) is 17.2 Å². The van der Waals surface area contributed by atoms with Gasteiger partial charge in [-0.1, -0.05) is 12.1 Å². The number of phenolic OH excluding ortho intramolecular Hbond substituents is 2. The zero-order valence-corrected chi connectivity index (χ0v) is 16.7. The van der Waals surface area contributed by atoms with Crippen LogP contribution < -0.4 is 10.2 Å². The van der Waals surface area contributed by atoms with E-state index in [0.717, 1.165) is 5.56 Å². The van der Waals surface area contributed by atoms with Gasteiger partial charge in [-0.05, 0) is 69.0 Å². The summed E-state index contributed by atoms with van der Waals surface area (Å²) in [6, 6.07) is 7.35. The summed E-state index contributed by atoms with van der Waals surface area (Å²) in [6.07, 6.45) is 1.30. The molecule has 8 heteroatoms. The molecule has 0 aromatic heterocycles. The molecule has 0 aliphatic heterocycles. The van der Waals surface area contributed by atoms with Crippen LogP contribution in [-0.2, 0) is 4.79 Å². The molecule has 3 N–H and O–H groups in total. The number of rotatable bonds is 5. The zero-order valence-electron chi connectivity index (χ0n) is 13.5. The smallest absolute Gasteiger partial charge is 0.277 e. The highest BCUT2D eigenvalue weighted by Gasteiger charge is 2.17. The average molecular weight is 472 g/mol. The van der Waals surface area contributed by atoms with E-state index in [2.05, 4.69) is 42.4 Å². The lowest BCUT2D eigenvalue weighted by Crippen LogP contribution is -2.24. The Balaban J connectivity index is 2.00. The summed E-state index contributed by atoms with van der Waals surface area (Å²) >= 11 is 6.33. The Kier molecular flexibility index (Phi) is 6.44. The predicted molar refractivity (Wildman–Crippen MR) is 102 cm³/mol. The number of carbonyl (C=O) groups excluding carboxylic acids is 1. The Hall–Kier alpha value is -2.06. The van der Waals surface area contributed by atoms with E-state index in [1.807, 2.05) is 25.1 Å². The van der Waals surface area contributed by atoms with Crippen molar-refractivity contribution in [3.05, 3.63) is 49.9 Å². The van der Waals surface area contributed by atoms with Crippen LogP contribution >= 0.6 is 31.9 Å². The van der Waals surface area contributed by atoms with Gasteiger partial charge in [-0.2, -0.15) is 5.10 Å². The van der Waals surface area contributed by atoms with Crippen LogP contribution in [0.2, 0.25) is 0 Å². The van der Waals surface area contributed by atoms with E-state index in [-0.39, 0.29) is 22.6 Å². The molecule has 2 aromatic rings. The SMILES string of the molecule is Cc1cccc(OCC(=O)NN=Cc2c(C)c(Br)c(O)c(Br)c2O)c1. The number of halogens is 2. The largest absolute Gasteiger partial charge is 0.506 e. The number of carbonyl (C=O) groups is 1. The van der Waals surface area contributed by atoms with E-state index >= 15 is 0 Å².